The highest BCUT2D eigenvalue weighted by molar-refractivity contribution is 6.32. The Morgan fingerprint density at radius 1 is 1.21 bits per heavy atom. The van der Waals surface area contributed by atoms with Crippen LogP contribution in [0.15, 0.2) is 53.6 Å². The van der Waals surface area contributed by atoms with E-state index in [9.17, 15) is 14.9 Å². The maximum absolute atomic E-state index is 12.5. The maximum atomic E-state index is 12.5. The summed E-state index contributed by atoms with van der Waals surface area (Å²) in [5, 5.41) is 17.9. The number of aromatic nitrogens is 3. The molecule has 0 aliphatic heterocycles. The molecule has 1 N–H and O–H groups in total. The molecule has 150 valence electrons. The van der Waals surface area contributed by atoms with Gasteiger partial charge in [-0.25, -0.2) is 4.98 Å². The minimum atomic E-state index is -0.538. The summed E-state index contributed by atoms with van der Waals surface area (Å²) >= 11 is 6.20. The molecule has 0 fully saturated rings. The van der Waals surface area contributed by atoms with Crippen LogP contribution in [0.4, 0.5) is 11.4 Å². The smallest absolute Gasteiger partial charge is 0.292 e. The Morgan fingerprint density at radius 2 is 1.93 bits per heavy atom. The van der Waals surface area contributed by atoms with Gasteiger partial charge in [-0.15, -0.1) is 0 Å². The van der Waals surface area contributed by atoms with E-state index in [4.69, 9.17) is 16.3 Å². The van der Waals surface area contributed by atoms with E-state index in [1.54, 1.807) is 12.3 Å². The van der Waals surface area contributed by atoms with E-state index < -0.39 is 10.5 Å². The van der Waals surface area contributed by atoms with Crippen LogP contribution in [0.25, 0.3) is 5.69 Å². The van der Waals surface area contributed by atoms with E-state index in [1.165, 1.54) is 30.5 Å². The fourth-order valence-corrected chi connectivity index (χ4v) is 2.68. The summed E-state index contributed by atoms with van der Waals surface area (Å²) in [6.07, 6.45) is 3.14. The fraction of sp³-hybridized carbons (Fsp3) is 0.211. The van der Waals surface area contributed by atoms with Gasteiger partial charge in [0, 0.05) is 30.9 Å². The third kappa shape index (κ3) is 4.88. The number of nitrogens with zero attached hydrogens (tertiary/aromatic N) is 4. The molecule has 0 amide bonds. The van der Waals surface area contributed by atoms with Crippen LogP contribution in [-0.4, -0.2) is 25.8 Å². The largest absolute Gasteiger partial charge is 0.475 e. The summed E-state index contributed by atoms with van der Waals surface area (Å²) in [7, 11) is 0. The van der Waals surface area contributed by atoms with Crippen molar-refractivity contribution < 1.29 is 9.66 Å². The number of ether oxygens (including phenoxy) is 1. The standard InChI is InChI=1S/C19H18ClN5O4/c1-12(2)29-17-8-3-13(10-22-17)9-21-16-11-23-24(19(26)18(16)20)14-4-6-15(7-5-14)25(27)28/h3-8,10-12,21H,9H2,1-2H3. The molecule has 0 radical (unpaired) electrons. The van der Waals surface area contributed by atoms with Crippen LogP contribution >= 0.6 is 11.6 Å². The van der Waals surface area contributed by atoms with Gasteiger partial charge in [0.05, 0.1) is 28.6 Å². The van der Waals surface area contributed by atoms with Crippen LogP contribution in [0, 0.1) is 10.1 Å². The Kier molecular flexibility index (Phi) is 6.08. The normalized spacial score (nSPS) is 10.8. The summed E-state index contributed by atoms with van der Waals surface area (Å²) in [6.45, 7) is 4.23. The van der Waals surface area contributed by atoms with E-state index >= 15 is 0 Å². The Hall–Kier alpha value is -3.46. The van der Waals surface area contributed by atoms with E-state index in [0.29, 0.717) is 23.8 Å². The van der Waals surface area contributed by atoms with Gasteiger partial charge < -0.3 is 10.1 Å². The van der Waals surface area contributed by atoms with Crippen molar-refractivity contribution in [3.63, 3.8) is 0 Å². The van der Waals surface area contributed by atoms with Gasteiger partial charge in [-0.3, -0.25) is 14.9 Å². The molecule has 0 bridgehead atoms. The number of nitrogens with one attached hydrogen (secondary N) is 1. The molecule has 3 rings (SSSR count). The SMILES string of the molecule is CC(C)Oc1ccc(CNc2cnn(-c3ccc([N+](=O)[O-])cc3)c(=O)c2Cl)cn1. The molecule has 2 heterocycles. The lowest BCUT2D eigenvalue weighted by molar-refractivity contribution is -0.384. The van der Waals surface area contributed by atoms with Gasteiger partial charge in [0.1, 0.15) is 5.02 Å². The zero-order valence-corrected chi connectivity index (χ0v) is 16.5. The van der Waals surface area contributed by atoms with Crippen LogP contribution in [0.2, 0.25) is 5.02 Å². The molecular formula is C19H18ClN5O4. The number of hydrogen-bond donors (Lipinski definition) is 1. The van der Waals surface area contributed by atoms with Gasteiger partial charge in [-0.1, -0.05) is 17.7 Å². The van der Waals surface area contributed by atoms with Gasteiger partial charge in [0.15, 0.2) is 0 Å². The molecule has 0 saturated heterocycles. The number of hydrogen-bond acceptors (Lipinski definition) is 7. The molecule has 1 aromatic carbocycles. The molecule has 3 aromatic rings. The molecule has 0 unspecified atom stereocenters. The first-order valence-electron chi connectivity index (χ1n) is 8.73. The number of nitro benzene ring substituents is 1. The van der Waals surface area contributed by atoms with Crippen LogP contribution in [0.1, 0.15) is 19.4 Å². The first-order valence-corrected chi connectivity index (χ1v) is 9.11. The summed E-state index contributed by atoms with van der Waals surface area (Å²) in [6, 6.07) is 9.08. The third-order valence-electron chi connectivity index (χ3n) is 3.86. The van der Waals surface area contributed by atoms with Crippen LogP contribution < -0.4 is 15.6 Å². The van der Waals surface area contributed by atoms with Crippen molar-refractivity contribution in [2.24, 2.45) is 0 Å². The highest BCUT2D eigenvalue weighted by Gasteiger charge is 2.12. The Bertz CT molecular complexity index is 1070. The van der Waals surface area contributed by atoms with Crippen molar-refractivity contribution in [2.45, 2.75) is 26.5 Å². The topological polar surface area (TPSA) is 112 Å². The highest BCUT2D eigenvalue weighted by Crippen LogP contribution is 2.19. The summed E-state index contributed by atoms with van der Waals surface area (Å²) < 4.78 is 6.58. The number of benzene rings is 1. The third-order valence-corrected chi connectivity index (χ3v) is 4.23. The summed E-state index contributed by atoms with van der Waals surface area (Å²) in [5.41, 5.74) is 1.00. The number of halogens is 1. The quantitative estimate of drug-likeness (QED) is 0.463. The minimum Gasteiger partial charge on any atom is -0.475 e. The van der Waals surface area contributed by atoms with E-state index in [2.05, 4.69) is 15.4 Å². The number of anilines is 1. The van der Waals surface area contributed by atoms with E-state index in [0.717, 1.165) is 10.2 Å². The van der Waals surface area contributed by atoms with Crippen molar-refractivity contribution >= 4 is 23.0 Å². The Morgan fingerprint density at radius 3 is 2.52 bits per heavy atom. The molecule has 29 heavy (non-hydrogen) atoms. The van der Waals surface area contributed by atoms with Gasteiger partial charge in [-0.05, 0) is 31.5 Å². The summed E-state index contributed by atoms with van der Waals surface area (Å²) in [4.78, 5) is 27.0. The number of nitro groups is 1. The predicted octanol–water partition coefficient (Wildman–Crippen LogP) is 3.59. The molecule has 0 aliphatic rings. The van der Waals surface area contributed by atoms with Crippen molar-refractivity contribution in [1.82, 2.24) is 14.8 Å². The van der Waals surface area contributed by atoms with Crippen LogP contribution in [-0.2, 0) is 6.54 Å². The predicted molar refractivity (Wildman–Crippen MR) is 109 cm³/mol. The second-order valence-electron chi connectivity index (χ2n) is 6.39. The Labute approximate surface area is 171 Å². The second-order valence-corrected chi connectivity index (χ2v) is 6.77. The first kappa shape index (κ1) is 20.3. The molecule has 9 nitrogen and oxygen atoms in total. The molecule has 2 aromatic heterocycles. The molecule has 0 spiro atoms. The maximum Gasteiger partial charge on any atom is 0.292 e. The van der Waals surface area contributed by atoms with Crippen LogP contribution in [0.5, 0.6) is 5.88 Å². The van der Waals surface area contributed by atoms with Crippen molar-refractivity contribution in [3.05, 3.63) is 79.8 Å². The molecular weight excluding hydrogens is 398 g/mol. The average molecular weight is 416 g/mol. The zero-order valence-electron chi connectivity index (χ0n) is 15.7. The lowest BCUT2D eigenvalue weighted by atomic mass is 10.2. The highest BCUT2D eigenvalue weighted by atomic mass is 35.5. The lowest BCUT2D eigenvalue weighted by Crippen LogP contribution is -2.22. The first-order chi connectivity index (χ1) is 13.8. The van der Waals surface area contributed by atoms with Crippen LogP contribution in [0.3, 0.4) is 0 Å². The Balaban J connectivity index is 1.74. The van der Waals surface area contributed by atoms with Gasteiger partial charge in [0.2, 0.25) is 5.88 Å². The lowest BCUT2D eigenvalue weighted by Gasteiger charge is -2.11. The number of rotatable bonds is 7. The van der Waals surface area contributed by atoms with E-state index in [1.807, 2.05) is 19.9 Å². The number of pyridine rings is 1. The molecule has 0 saturated carbocycles. The van der Waals surface area contributed by atoms with Gasteiger partial charge in [0.25, 0.3) is 11.2 Å². The molecule has 10 heteroatoms. The summed E-state index contributed by atoms with van der Waals surface area (Å²) in [5.74, 6) is 0.536. The average Bonchev–Trinajstić information content (AvgIpc) is 2.70. The zero-order chi connectivity index (χ0) is 21.0. The monoisotopic (exact) mass is 415 g/mol. The van der Waals surface area contributed by atoms with Crippen molar-refractivity contribution in [3.8, 4) is 11.6 Å². The molecule has 0 aliphatic carbocycles. The minimum absolute atomic E-state index is 0.0360. The fourth-order valence-electron chi connectivity index (χ4n) is 2.48. The van der Waals surface area contributed by atoms with Gasteiger partial charge in [-0.2, -0.15) is 9.78 Å². The van der Waals surface area contributed by atoms with E-state index in [-0.39, 0.29) is 16.8 Å². The van der Waals surface area contributed by atoms with Gasteiger partial charge >= 0.3 is 0 Å². The van der Waals surface area contributed by atoms with Crippen molar-refractivity contribution in [1.29, 1.82) is 0 Å². The number of non-ortho nitro benzene ring substituents is 1. The van der Waals surface area contributed by atoms with Crippen molar-refractivity contribution in [2.75, 3.05) is 5.32 Å². The second kappa shape index (κ2) is 8.70. The molecule has 0 atom stereocenters.